The van der Waals surface area contributed by atoms with Gasteiger partial charge in [0.25, 0.3) is 0 Å². The monoisotopic (exact) mass is 329 g/mol. The van der Waals surface area contributed by atoms with Crippen LogP contribution in [-0.2, 0) is 0 Å². The summed E-state index contributed by atoms with van der Waals surface area (Å²) in [7, 11) is 0. The van der Waals surface area contributed by atoms with Crippen LogP contribution in [0, 0.1) is 4.91 Å². The van der Waals surface area contributed by atoms with Gasteiger partial charge in [0.2, 0.25) is 0 Å². The van der Waals surface area contributed by atoms with Gasteiger partial charge in [0.15, 0.2) is 0 Å². The minimum absolute atomic E-state index is 0.559. The topological polar surface area (TPSA) is 69.4 Å². The van der Waals surface area contributed by atoms with E-state index in [1.807, 2.05) is 25.3 Å². The van der Waals surface area contributed by atoms with Crippen LogP contribution >= 0.6 is 0 Å². The van der Waals surface area contributed by atoms with Crippen molar-refractivity contribution in [2.75, 3.05) is 26.2 Å². The summed E-state index contributed by atoms with van der Waals surface area (Å²) in [5.74, 6) is 0. The third-order valence-electron chi connectivity index (χ3n) is 3.62. The van der Waals surface area contributed by atoms with Crippen LogP contribution in [-0.4, -0.2) is 43.0 Å². The van der Waals surface area contributed by atoms with Crippen LogP contribution in [0.15, 0.2) is 56.2 Å². The van der Waals surface area contributed by atoms with Crippen molar-refractivity contribution in [2.24, 2.45) is 15.3 Å². The van der Waals surface area contributed by atoms with E-state index < -0.39 is 0 Å². The molecule has 0 aromatic carbocycles. The van der Waals surface area contributed by atoms with Crippen molar-refractivity contribution in [1.29, 1.82) is 0 Å². The SMILES string of the molecule is CC=NC(CN(CCCNN=O)CC1=NC=C=CC=C1C)=C(C)C. The maximum atomic E-state index is 10.2. The van der Waals surface area contributed by atoms with Gasteiger partial charge in [-0.1, -0.05) is 5.57 Å². The van der Waals surface area contributed by atoms with Crippen molar-refractivity contribution in [3.8, 4) is 0 Å². The van der Waals surface area contributed by atoms with Crippen molar-refractivity contribution in [3.05, 3.63) is 45.8 Å². The molecule has 0 aliphatic carbocycles. The molecule has 0 bridgehead atoms. The van der Waals surface area contributed by atoms with Gasteiger partial charge >= 0.3 is 0 Å². The van der Waals surface area contributed by atoms with Gasteiger partial charge in [-0.15, -0.1) is 10.6 Å². The first-order chi connectivity index (χ1) is 11.6. The second-order valence-corrected chi connectivity index (χ2v) is 5.79. The summed E-state index contributed by atoms with van der Waals surface area (Å²) in [5.41, 5.74) is 9.87. The van der Waals surface area contributed by atoms with Crippen LogP contribution in [0.4, 0.5) is 0 Å². The highest BCUT2D eigenvalue weighted by Crippen LogP contribution is 2.11. The summed E-state index contributed by atoms with van der Waals surface area (Å²) in [6.07, 6.45) is 8.23. The minimum Gasteiger partial charge on any atom is -0.292 e. The largest absolute Gasteiger partial charge is 0.292 e. The molecular weight excluding hydrogens is 302 g/mol. The fourth-order valence-electron chi connectivity index (χ4n) is 2.24. The van der Waals surface area contributed by atoms with Crippen LogP contribution in [0.25, 0.3) is 0 Å². The zero-order valence-electron chi connectivity index (χ0n) is 15.0. The lowest BCUT2D eigenvalue weighted by molar-refractivity contribution is 0.328. The predicted octanol–water partition coefficient (Wildman–Crippen LogP) is 3.40. The molecule has 24 heavy (non-hydrogen) atoms. The Balaban J connectivity index is 2.84. The number of rotatable bonds is 10. The molecule has 130 valence electrons. The molecule has 0 amide bonds. The number of nitroso groups, excluding NO2 is 1. The van der Waals surface area contributed by atoms with E-state index in [1.165, 1.54) is 5.57 Å². The van der Waals surface area contributed by atoms with E-state index in [0.29, 0.717) is 6.54 Å². The van der Waals surface area contributed by atoms with Crippen LogP contribution in [0.3, 0.4) is 0 Å². The third kappa shape index (κ3) is 7.31. The molecule has 0 aromatic heterocycles. The van der Waals surface area contributed by atoms with Gasteiger partial charge in [0.1, 0.15) is 0 Å². The summed E-state index contributed by atoms with van der Waals surface area (Å²) in [4.78, 5) is 21.4. The fraction of sp³-hybridized carbons (Fsp3) is 0.500. The van der Waals surface area contributed by atoms with E-state index >= 15 is 0 Å². The van der Waals surface area contributed by atoms with Gasteiger partial charge in [-0.2, -0.15) is 0 Å². The van der Waals surface area contributed by atoms with Crippen LogP contribution in [0.5, 0.6) is 0 Å². The molecule has 1 N–H and O–H groups in total. The molecule has 0 radical (unpaired) electrons. The van der Waals surface area contributed by atoms with Gasteiger partial charge in [-0.3, -0.25) is 20.3 Å². The maximum Gasteiger partial charge on any atom is 0.0690 e. The normalized spacial score (nSPS) is 13.7. The van der Waals surface area contributed by atoms with Crippen LogP contribution in [0.1, 0.15) is 34.1 Å². The number of nitrogens with zero attached hydrogens (tertiary/aromatic N) is 4. The fourth-order valence-corrected chi connectivity index (χ4v) is 2.24. The third-order valence-corrected chi connectivity index (χ3v) is 3.62. The summed E-state index contributed by atoms with van der Waals surface area (Å²) in [6, 6.07) is 0. The van der Waals surface area contributed by atoms with Gasteiger partial charge < -0.3 is 0 Å². The van der Waals surface area contributed by atoms with Crippen molar-refractivity contribution >= 4 is 11.9 Å². The highest BCUT2D eigenvalue weighted by atomic mass is 16.3. The number of allylic oxidation sites excluding steroid dienone is 3. The smallest absolute Gasteiger partial charge is 0.0690 e. The van der Waals surface area contributed by atoms with E-state index in [2.05, 4.69) is 52.1 Å². The number of hydrogen-bond acceptors (Lipinski definition) is 5. The quantitative estimate of drug-likeness (QED) is 0.219. The molecule has 0 unspecified atom stereocenters. The molecule has 6 nitrogen and oxygen atoms in total. The highest BCUT2D eigenvalue weighted by molar-refractivity contribution is 6.02. The van der Waals surface area contributed by atoms with E-state index in [1.54, 1.807) is 6.20 Å². The van der Waals surface area contributed by atoms with E-state index in [-0.39, 0.29) is 0 Å². The second kappa shape index (κ2) is 11.3. The van der Waals surface area contributed by atoms with Gasteiger partial charge in [0, 0.05) is 37.7 Å². The van der Waals surface area contributed by atoms with Crippen molar-refractivity contribution in [1.82, 2.24) is 10.3 Å². The molecule has 6 heteroatoms. The lowest BCUT2D eigenvalue weighted by Gasteiger charge is -2.24. The average molecular weight is 329 g/mol. The summed E-state index contributed by atoms with van der Waals surface area (Å²) in [5, 5.41) is 2.69. The average Bonchev–Trinajstić information content (AvgIpc) is 2.75. The van der Waals surface area contributed by atoms with Crippen LogP contribution in [0.2, 0.25) is 0 Å². The van der Waals surface area contributed by atoms with E-state index in [9.17, 15) is 4.91 Å². The Labute approximate surface area is 144 Å². The van der Waals surface area contributed by atoms with E-state index in [4.69, 9.17) is 0 Å². The Bertz CT molecular complexity index is 603. The first kappa shape index (κ1) is 19.7. The van der Waals surface area contributed by atoms with Crippen molar-refractivity contribution < 1.29 is 0 Å². The lowest BCUT2D eigenvalue weighted by Crippen LogP contribution is -2.34. The second-order valence-electron chi connectivity index (χ2n) is 5.79. The van der Waals surface area contributed by atoms with Gasteiger partial charge in [0.05, 0.1) is 17.6 Å². The zero-order valence-corrected chi connectivity index (χ0v) is 15.0. The highest BCUT2D eigenvalue weighted by Gasteiger charge is 2.13. The molecule has 1 aliphatic rings. The first-order valence-electron chi connectivity index (χ1n) is 8.16. The predicted molar refractivity (Wildman–Crippen MR) is 101 cm³/mol. The molecular formula is C18H27N5O. The Hall–Kier alpha value is -2.30. The summed E-state index contributed by atoms with van der Waals surface area (Å²) < 4.78 is 0. The Morgan fingerprint density at radius 3 is 2.92 bits per heavy atom. The molecule has 1 rings (SSSR count). The van der Waals surface area contributed by atoms with Gasteiger partial charge in [-0.25, -0.2) is 0 Å². The number of aliphatic imine (C=N–C) groups is 2. The molecule has 0 atom stereocenters. The Morgan fingerprint density at radius 2 is 2.25 bits per heavy atom. The van der Waals surface area contributed by atoms with E-state index in [0.717, 1.165) is 43.0 Å². The van der Waals surface area contributed by atoms with Crippen molar-refractivity contribution in [2.45, 2.75) is 34.1 Å². The minimum atomic E-state index is 0.559. The molecule has 0 spiro atoms. The maximum absolute atomic E-state index is 10.2. The number of hydrogen-bond donors (Lipinski definition) is 1. The van der Waals surface area contributed by atoms with Crippen LogP contribution < -0.4 is 5.43 Å². The molecule has 0 fully saturated rings. The first-order valence-corrected chi connectivity index (χ1v) is 8.16. The van der Waals surface area contributed by atoms with Gasteiger partial charge in [-0.05, 0) is 51.8 Å². The molecule has 0 aromatic rings. The zero-order chi connectivity index (χ0) is 17.8. The molecule has 1 aliphatic heterocycles. The standard InChI is InChI=1S/C18H27N5O/c1-5-19-17(15(2)3)13-23(12-8-11-21-22-24)14-18-16(4)9-6-7-10-20-18/h5-6,9-10H,8,11-14H2,1-4H3,(H,21,24). The molecule has 1 heterocycles. The van der Waals surface area contributed by atoms with Crippen molar-refractivity contribution in [3.63, 3.8) is 0 Å². The Kier molecular flexibility index (Phi) is 9.27. The number of nitrogens with one attached hydrogen (secondary N) is 1. The summed E-state index contributed by atoms with van der Waals surface area (Å²) >= 11 is 0. The summed E-state index contributed by atoms with van der Waals surface area (Å²) in [6.45, 7) is 11.0. The molecule has 0 saturated carbocycles. The lowest BCUT2D eigenvalue weighted by atomic mass is 10.1. The Morgan fingerprint density at radius 1 is 1.46 bits per heavy atom. The molecule has 0 saturated heterocycles.